The molecule has 0 bridgehead atoms. The summed E-state index contributed by atoms with van der Waals surface area (Å²) in [7, 11) is 4.03. The number of carboxylic acid groups (broad SMARTS) is 1. The summed E-state index contributed by atoms with van der Waals surface area (Å²) in [5, 5.41) is 37.1. The Hall–Kier alpha value is -0.730. The Morgan fingerprint density at radius 1 is 1.29 bits per heavy atom. The van der Waals surface area contributed by atoms with Gasteiger partial charge < -0.3 is 25.4 Å². The van der Waals surface area contributed by atoms with Crippen molar-refractivity contribution in [3.8, 4) is 0 Å². The minimum Gasteiger partial charge on any atom is -0.545 e. The summed E-state index contributed by atoms with van der Waals surface area (Å²) in [6.07, 6.45) is 0. The normalized spacial score (nSPS) is 19.8. The molecule has 0 aliphatic heterocycles. The van der Waals surface area contributed by atoms with Crippen LogP contribution in [0.5, 0.6) is 0 Å². The van der Waals surface area contributed by atoms with Crippen LogP contribution in [0.4, 0.5) is 0 Å². The molecular formula is C7H16N3O4-. The summed E-state index contributed by atoms with van der Waals surface area (Å²) in [4.78, 5) is 10.7. The van der Waals surface area contributed by atoms with Crippen molar-refractivity contribution in [2.75, 3.05) is 27.7 Å². The first kappa shape index (κ1) is 13.3. The molecule has 0 aliphatic rings. The van der Waals surface area contributed by atoms with Gasteiger partial charge in [-0.2, -0.15) is 0 Å². The minimum atomic E-state index is -2.56. The Kier molecular flexibility index (Phi) is 4.43. The average Bonchev–Trinajstić information content (AvgIpc) is 2.16. The van der Waals surface area contributed by atoms with Gasteiger partial charge in [0.15, 0.2) is 5.72 Å². The van der Waals surface area contributed by atoms with Crippen LogP contribution in [0.2, 0.25) is 0 Å². The second-order valence-electron chi connectivity index (χ2n) is 2.89. The van der Waals surface area contributed by atoms with Crippen molar-refractivity contribution in [3.63, 3.8) is 0 Å². The molecule has 0 rings (SSSR count). The van der Waals surface area contributed by atoms with E-state index in [0.717, 1.165) is 0 Å². The number of carbonyl (C=O) groups excluding carboxylic acids is 1. The zero-order chi connectivity index (χ0) is 11.4. The highest BCUT2D eigenvalue weighted by Gasteiger charge is 2.48. The monoisotopic (exact) mass is 206 g/mol. The molecule has 0 unspecified atom stereocenters. The van der Waals surface area contributed by atoms with Gasteiger partial charge in [-0.1, -0.05) is 0 Å². The second kappa shape index (κ2) is 4.67. The Morgan fingerprint density at radius 2 is 1.79 bits per heavy atom. The molecule has 0 aromatic carbocycles. The van der Waals surface area contributed by atoms with Gasteiger partial charge in [0.25, 0.3) is 0 Å². The Labute approximate surface area is 82.1 Å². The topological polar surface area (TPSA) is 117 Å². The smallest absolute Gasteiger partial charge is 0.201 e. The number of likely N-dealkylation sites (N-methyl/N-ethyl adjacent to an activating group) is 3. The summed E-state index contributed by atoms with van der Waals surface area (Å²) in [6.45, 7) is -0.172. The van der Waals surface area contributed by atoms with Gasteiger partial charge in [-0.3, -0.25) is 10.6 Å². The van der Waals surface area contributed by atoms with E-state index in [9.17, 15) is 20.1 Å². The maximum atomic E-state index is 10.7. The molecule has 0 saturated carbocycles. The number of carbonyl (C=O) groups is 1. The van der Waals surface area contributed by atoms with Crippen LogP contribution < -0.4 is 21.1 Å². The molecule has 2 atom stereocenters. The van der Waals surface area contributed by atoms with Gasteiger partial charge in [-0.25, -0.2) is 0 Å². The highest BCUT2D eigenvalue weighted by Crippen LogP contribution is 2.15. The SMILES string of the molecule is CNC[C@@](O)(NC)[C@](O)(NC)C(=O)[O-]. The first-order valence-corrected chi connectivity index (χ1v) is 4.06. The maximum Gasteiger partial charge on any atom is 0.201 e. The maximum absolute atomic E-state index is 10.7. The van der Waals surface area contributed by atoms with Gasteiger partial charge in [-0.05, 0) is 21.1 Å². The van der Waals surface area contributed by atoms with E-state index in [1.165, 1.54) is 21.1 Å². The fraction of sp³-hybridized carbons (Fsp3) is 0.857. The highest BCUT2D eigenvalue weighted by atomic mass is 16.4. The fourth-order valence-electron chi connectivity index (χ4n) is 1.13. The van der Waals surface area contributed by atoms with Crippen molar-refractivity contribution in [3.05, 3.63) is 0 Å². The van der Waals surface area contributed by atoms with E-state index in [1.807, 2.05) is 0 Å². The van der Waals surface area contributed by atoms with Gasteiger partial charge >= 0.3 is 0 Å². The van der Waals surface area contributed by atoms with E-state index in [-0.39, 0.29) is 6.54 Å². The lowest BCUT2D eigenvalue weighted by Crippen LogP contribution is -2.77. The van der Waals surface area contributed by atoms with Gasteiger partial charge in [-0.15, -0.1) is 0 Å². The Balaban J connectivity index is 5.03. The average molecular weight is 206 g/mol. The van der Waals surface area contributed by atoms with Crippen molar-refractivity contribution < 1.29 is 20.1 Å². The number of aliphatic hydroxyl groups is 2. The zero-order valence-corrected chi connectivity index (χ0v) is 8.42. The van der Waals surface area contributed by atoms with Crippen molar-refractivity contribution in [2.45, 2.75) is 11.4 Å². The molecule has 7 heteroatoms. The van der Waals surface area contributed by atoms with E-state index in [0.29, 0.717) is 0 Å². The van der Waals surface area contributed by atoms with Crippen LogP contribution in [0.25, 0.3) is 0 Å². The number of aliphatic carboxylic acids is 1. The van der Waals surface area contributed by atoms with Crippen molar-refractivity contribution in [2.24, 2.45) is 0 Å². The molecular weight excluding hydrogens is 190 g/mol. The standard InChI is InChI=1S/C7H17N3O4/c1-8-4-6(13,9-2)7(14,10-3)5(11)12/h8-10,13-14H,4H2,1-3H3,(H,11,12)/p-1/t6-,7-/m0/s1. The Bertz CT molecular complexity index is 213. The quantitative estimate of drug-likeness (QED) is 0.279. The van der Waals surface area contributed by atoms with Crippen LogP contribution in [0.3, 0.4) is 0 Å². The molecule has 0 spiro atoms. The number of hydrogen-bond donors (Lipinski definition) is 5. The molecule has 0 radical (unpaired) electrons. The van der Waals surface area contributed by atoms with Crippen LogP contribution in [0.1, 0.15) is 0 Å². The number of hydrogen-bond acceptors (Lipinski definition) is 7. The predicted octanol–water partition coefficient (Wildman–Crippen LogP) is -4.23. The lowest BCUT2D eigenvalue weighted by atomic mass is 9.99. The molecule has 5 N–H and O–H groups in total. The number of rotatable bonds is 6. The molecule has 0 amide bonds. The summed E-state index contributed by atoms with van der Waals surface area (Å²) in [5.41, 5.74) is -4.62. The zero-order valence-electron chi connectivity index (χ0n) is 8.42. The van der Waals surface area contributed by atoms with E-state index in [1.54, 1.807) is 0 Å². The largest absolute Gasteiger partial charge is 0.545 e. The fourth-order valence-corrected chi connectivity index (χ4v) is 1.13. The van der Waals surface area contributed by atoms with Gasteiger partial charge in [0, 0.05) is 6.54 Å². The molecule has 14 heavy (non-hydrogen) atoms. The first-order valence-electron chi connectivity index (χ1n) is 4.06. The van der Waals surface area contributed by atoms with Crippen LogP contribution in [-0.4, -0.2) is 55.3 Å². The molecule has 0 fully saturated rings. The lowest BCUT2D eigenvalue weighted by Gasteiger charge is -2.43. The van der Waals surface area contributed by atoms with Crippen LogP contribution >= 0.6 is 0 Å². The van der Waals surface area contributed by atoms with Crippen LogP contribution in [0.15, 0.2) is 0 Å². The van der Waals surface area contributed by atoms with Crippen molar-refractivity contribution in [1.82, 2.24) is 16.0 Å². The van der Waals surface area contributed by atoms with Gasteiger partial charge in [0.1, 0.15) is 0 Å². The molecule has 0 aliphatic carbocycles. The van der Waals surface area contributed by atoms with Crippen LogP contribution in [-0.2, 0) is 4.79 Å². The predicted molar refractivity (Wildman–Crippen MR) is 47.0 cm³/mol. The molecule has 0 heterocycles. The number of nitrogens with one attached hydrogen (secondary N) is 3. The third kappa shape index (κ3) is 2.02. The minimum absolute atomic E-state index is 0.172. The lowest BCUT2D eigenvalue weighted by molar-refractivity contribution is -0.341. The molecule has 84 valence electrons. The summed E-state index contributed by atoms with van der Waals surface area (Å²) in [6, 6.07) is 0. The molecule has 0 aromatic rings. The van der Waals surface area contributed by atoms with Crippen molar-refractivity contribution >= 4 is 5.97 Å². The van der Waals surface area contributed by atoms with Crippen LogP contribution in [0, 0.1) is 0 Å². The van der Waals surface area contributed by atoms with E-state index < -0.39 is 17.4 Å². The van der Waals surface area contributed by atoms with E-state index >= 15 is 0 Å². The summed E-state index contributed by atoms with van der Waals surface area (Å²) in [5.74, 6) is -1.81. The van der Waals surface area contributed by atoms with Gasteiger partial charge in [0.2, 0.25) is 5.72 Å². The second-order valence-corrected chi connectivity index (χ2v) is 2.89. The van der Waals surface area contributed by atoms with E-state index in [2.05, 4.69) is 16.0 Å². The third-order valence-electron chi connectivity index (χ3n) is 2.10. The van der Waals surface area contributed by atoms with Gasteiger partial charge in [0.05, 0.1) is 5.97 Å². The third-order valence-corrected chi connectivity index (χ3v) is 2.10. The van der Waals surface area contributed by atoms with Crippen molar-refractivity contribution in [1.29, 1.82) is 0 Å². The van der Waals surface area contributed by atoms with E-state index in [4.69, 9.17) is 0 Å². The number of carboxylic acids is 1. The Morgan fingerprint density at radius 3 is 2.00 bits per heavy atom. The highest BCUT2D eigenvalue weighted by molar-refractivity contribution is 5.76. The molecule has 7 nitrogen and oxygen atoms in total. The first-order chi connectivity index (χ1) is 6.38. The summed E-state index contributed by atoms with van der Waals surface area (Å²) < 4.78 is 0. The molecule has 0 saturated heterocycles. The molecule has 0 aromatic heterocycles. The summed E-state index contributed by atoms with van der Waals surface area (Å²) >= 11 is 0.